The second-order valence-corrected chi connectivity index (χ2v) is 5.49. The number of para-hydroxylation sites is 1. The third-order valence-corrected chi connectivity index (χ3v) is 3.94. The Balaban J connectivity index is 2.06. The highest BCUT2D eigenvalue weighted by Crippen LogP contribution is 2.25. The number of methoxy groups -OCH3 is 1. The molecule has 0 aromatic heterocycles. The number of rotatable bonds is 7. The first-order valence-corrected chi connectivity index (χ1v) is 7.77. The van der Waals surface area contributed by atoms with E-state index in [0.29, 0.717) is 6.61 Å². The first kappa shape index (κ1) is 15.9. The van der Waals surface area contributed by atoms with Gasteiger partial charge in [0, 0.05) is 16.6 Å². The normalized spacial score (nSPS) is 10.4. The summed E-state index contributed by atoms with van der Waals surface area (Å²) in [6, 6.07) is 13.9. The molecule has 2 aromatic carbocycles. The summed E-state index contributed by atoms with van der Waals surface area (Å²) in [4.78, 5) is 0. The molecule has 0 heterocycles. The molecule has 1 N–H and O–H groups in total. The summed E-state index contributed by atoms with van der Waals surface area (Å²) in [5, 5.41) is 3.32. The van der Waals surface area contributed by atoms with Crippen LogP contribution < -0.4 is 14.8 Å². The first-order valence-electron chi connectivity index (χ1n) is 6.98. The predicted molar refractivity (Wildman–Crippen MR) is 88.8 cm³/mol. The van der Waals surface area contributed by atoms with Crippen molar-refractivity contribution in [3.63, 3.8) is 0 Å². The van der Waals surface area contributed by atoms with E-state index in [2.05, 4.69) is 34.2 Å². The molecule has 0 fully saturated rings. The number of hydrogen-bond acceptors (Lipinski definition) is 3. The van der Waals surface area contributed by atoms with Gasteiger partial charge in [0.1, 0.15) is 18.1 Å². The van der Waals surface area contributed by atoms with Crippen molar-refractivity contribution in [3.05, 3.63) is 58.1 Å². The largest absolute Gasteiger partial charge is 0.496 e. The summed E-state index contributed by atoms with van der Waals surface area (Å²) in [7, 11) is 1.67. The maximum Gasteiger partial charge on any atom is 0.125 e. The first-order chi connectivity index (χ1) is 10.2. The Hall–Kier alpha value is -1.52. The van der Waals surface area contributed by atoms with Crippen LogP contribution in [0.5, 0.6) is 11.5 Å². The lowest BCUT2D eigenvalue weighted by atomic mass is 10.2. The van der Waals surface area contributed by atoms with Crippen molar-refractivity contribution in [1.82, 2.24) is 5.32 Å². The van der Waals surface area contributed by atoms with Gasteiger partial charge in [-0.1, -0.05) is 41.1 Å². The molecule has 0 amide bonds. The second-order valence-electron chi connectivity index (χ2n) is 4.63. The molecule has 0 aliphatic carbocycles. The van der Waals surface area contributed by atoms with E-state index in [4.69, 9.17) is 9.47 Å². The van der Waals surface area contributed by atoms with Crippen molar-refractivity contribution in [1.29, 1.82) is 0 Å². The smallest absolute Gasteiger partial charge is 0.125 e. The molecule has 0 saturated heterocycles. The van der Waals surface area contributed by atoms with Crippen molar-refractivity contribution in [3.8, 4) is 11.5 Å². The highest BCUT2D eigenvalue weighted by Gasteiger charge is 2.05. The average molecular weight is 350 g/mol. The van der Waals surface area contributed by atoms with E-state index in [-0.39, 0.29) is 0 Å². The molecule has 0 aliphatic rings. The van der Waals surface area contributed by atoms with Crippen LogP contribution in [0.3, 0.4) is 0 Å². The molecular formula is C17H20BrNO2. The van der Waals surface area contributed by atoms with Crippen molar-refractivity contribution >= 4 is 15.9 Å². The Bertz CT molecular complexity index is 587. The minimum atomic E-state index is 0.492. The molecular weight excluding hydrogens is 330 g/mol. The molecule has 4 heteroatoms. The number of benzene rings is 2. The highest BCUT2D eigenvalue weighted by atomic mass is 79.9. The van der Waals surface area contributed by atoms with Gasteiger partial charge in [0.05, 0.1) is 7.11 Å². The van der Waals surface area contributed by atoms with Crippen LogP contribution in [0, 0.1) is 0 Å². The zero-order valence-corrected chi connectivity index (χ0v) is 13.9. The zero-order chi connectivity index (χ0) is 15.1. The molecule has 2 rings (SSSR count). The zero-order valence-electron chi connectivity index (χ0n) is 12.4. The Morgan fingerprint density at radius 3 is 2.67 bits per heavy atom. The predicted octanol–water partition coefficient (Wildman–Crippen LogP) is 4.15. The minimum absolute atomic E-state index is 0.492. The molecule has 2 aromatic rings. The lowest BCUT2D eigenvalue weighted by molar-refractivity contribution is 0.296. The fourth-order valence-corrected chi connectivity index (χ4v) is 2.41. The maximum atomic E-state index is 5.88. The maximum absolute atomic E-state index is 5.88. The van der Waals surface area contributed by atoms with E-state index in [0.717, 1.165) is 34.6 Å². The van der Waals surface area contributed by atoms with E-state index in [1.165, 1.54) is 5.56 Å². The van der Waals surface area contributed by atoms with Crippen molar-refractivity contribution in [2.24, 2.45) is 0 Å². The summed E-state index contributed by atoms with van der Waals surface area (Å²) in [5.41, 5.74) is 2.23. The third-order valence-electron chi connectivity index (χ3n) is 3.17. The van der Waals surface area contributed by atoms with Crippen LogP contribution in [0.25, 0.3) is 0 Å². The fraction of sp³-hybridized carbons (Fsp3) is 0.294. The Kier molecular flexibility index (Phi) is 6.08. The summed E-state index contributed by atoms with van der Waals surface area (Å²) in [6.45, 7) is 4.35. The van der Waals surface area contributed by atoms with Gasteiger partial charge in [-0.25, -0.2) is 0 Å². The number of hydrogen-bond donors (Lipinski definition) is 1. The van der Waals surface area contributed by atoms with Gasteiger partial charge in [-0.05, 0) is 36.4 Å². The van der Waals surface area contributed by atoms with Crippen LogP contribution in [-0.4, -0.2) is 13.7 Å². The quantitative estimate of drug-likeness (QED) is 0.814. The van der Waals surface area contributed by atoms with Crippen LogP contribution in [0.15, 0.2) is 46.9 Å². The number of nitrogens with one attached hydrogen (secondary N) is 1. The molecule has 0 saturated carbocycles. The number of halogens is 1. The third kappa shape index (κ3) is 4.48. The van der Waals surface area contributed by atoms with Crippen LogP contribution >= 0.6 is 15.9 Å². The topological polar surface area (TPSA) is 30.5 Å². The van der Waals surface area contributed by atoms with Gasteiger partial charge in [-0.2, -0.15) is 0 Å². The minimum Gasteiger partial charge on any atom is -0.496 e. The van der Waals surface area contributed by atoms with Gasteiger partial charge >= 0.3 is 0 Å². The molecule has 0 unspecified atom stereocenters. The van der Waals surface area contributed by atoms with Crippen molar-refractivity contribution < 1.29 is 9.47 Å². The van der Waals surface area contributed by atoms with Gasteiger partial charge in [0.25, 0.3) is 0 Å². The molecule has 0 radical (unpaired) electrons. The van der Waals surface area contributed by atoms with E-state index < -0.39 is 0 Å². The lowest BCUT2D eigenvalue weighted by Gasteiger charge is -2.12. The van der Waals surface area contributed by atoms with E-state index >= 15 is 0 Å². The Morgan fingerprint density at radius 2 is 1.90 bits per heavy atom. The van der Waals surface area contributed by atoms with Crippen LogP contribution in [-0.2, 0) is 13.2 Å². The Labute approximate surface area is 134 Å². The lowest BCUT2D eigenvalue weighted by Crippen LogP contribution is -2.12. The van der Waals surface area contributed by atoms with E-state index in [1.807, 2.05) is 36.4 Å². The highest BCUT2D eigenvalue weighted by molar-refractivity contribution is 9.10. The van der Waals surface area contributed by atoms with E-state index in [1.54, 1.807) is 7.11 Å². The van der Waals surface area contributed by atoms with Gasteiger partial charge in [0.15, 0.2) is 0 Å². The van der Waals surface area contributed by atoms with Gasteiger partial charge < -0.3 is 14.8 Å². The molecule has 3 nitrogen and oxygen atoms in total. The van der Waals surface area contributed by atoms with Gasteiger partial charge in [-0.15, -0.1) is 0 Å². The fourth-order valence-electron chi connectivity index (χ4n) is 2.02. The summed E-state index contributed by atoms with van der Waals surface area (Å²) >= 11 is 3.56. The summed E-state index contributed by atoms with van der Waals surface area (Å²) in [6.07, 6.45) is 0. The van der Waals surface area contributed by atoms with Crippen molar-refractivity contribution in [2.45, 2.75) is 20.1 Å². The molecule has 0 atom stereocenters. The van der Waals surface area contributed by atoms with Gasteiger partial charge in [-0.3, -0.25) is 0 Å². The van der Waals surface area contributed by atoms with Gasteiger partial charge in [0.2, 0.25) is 0 Å². The second kappa shape index (κ2) is 8.05. The monoisotopic (exact) mass is 349 g/mol. The SMILES string of the molecule is CCNCc1cc(OCc2ccccc2OC)ccc1Br. The molecule has 0 aliphatic heterocycles. The number of ether oxygens (including phenoxy) is 2. The molecule has 21 heavy (non-hydrogen) atoms. The average Bonchev–Trinajstić information content (AvgIpc) is 2.53. The molecule has 0 spiro atoms. The Morgan fingerprint density at radius 1 is 1.10 bits per heavy atom. The van der Waals surface area contributed by atoms with Crippen LogP contribution in [0.2, 0.25) is 0 Å². The van der Waals surface area contributed by atoms with Crippen LogP contribution in [0.1, 0.15) is 18.1 Å². The summed E-state index contributed by atoms with van der Waals surface area (Å²) in [5.74, 6) is 1.71. The molecule has 112 valence electrons. The summed E-state index contributed by atoms with van der Waals surface area (Å²) < 4.78 is 12.3. The standard InChI is InChI=1S/C17H20BrNO2/c1-3-19-11-14-10-15(8-9-16(14)18)21-12-13-6-4-5-7-17(13)20-2/h4-10,19H,3,11-12H2,1-2H3. The van der Waals surface area contributed by atoms with E-state index in [9.17, 15) is 0 Å². The van der Waals surface area contributed by atoms with Crippen molar-refractivity contribution in [2.75, 3.05) is 13.7 Å². The molecule has 0 bridgehead atoms. The van der Waals surface area contributed by atoms with Crippen LogP contribution in [0.4, 0.5) is 0 Å².